The number of hydrogen-bond acceptors (Lipinski definition) is 2. The molecule has 0 N–H and O–H groups in total. The zero-order valence-electron chi connectivity index (χ0n) is 29.7. The van der Waals surface area contributed by atoms with Crippen molar-refractivity contribution in [3.8, 4) is 33.8 Å². The van der Waals surface area contributed by atoms with Gasteiger partial charge in [0, 0.05) is 49.9 Å². The van der Waals surface area contributed by atoms with Crippen LogP contribution in [0.4, 0.5) is 0 Å². The Bertz CT molecular complexity index is 2110. The van der Waals surface area contributed by atoms with E-state index in [2.05, 4.69) is 127 Å². The van der Waals surface area contributed by atoms with Gasteiger partial charge < -0.3 is 18.4 Å². The van der Waals surface area contributed by atoms with E-state index in [1.165, 1.54) is 0 Å². The van der Waals surface area contributed by atoms with Crippen molar-refractivity contribution in [2.45, 2.75) is 0 Å². The van der Waals surface area contributed by atoms with E-state index in [-0.39, 0.29) is 0 Å². The topological polar surface area (TPSA) is 18.5 Å². The first-order valence-corrected chi connectivity index (χ1v) is 17.9. The summed E-state index contributed by atoms with van der Waals surface area (Å²) in [7, 11) is 13.1. The molecule has 7 rings (SSSR count). The molecule has 0 atom stereocenters. The van der Waals surface area contributed by atoms with Crippen molar-refractivity contribution in [2.24, 2.45) is 0 Å². The molecule has 0 saturated carbocycles. The van der Waals surface area contributed by atoms with Gasteiger partial charge >= 0.3 is 0 Å². The third-order valence-electron chi connectivity index (χ3n) is 9.39. The Hall–Kier alpha value is -4.32. The molecular formula is C44H44Cl2N2O2+2. The minimum atomic E-state index is 0.546. The number of nitrogens with zero attached hydrogens (tertiary/aromatic N) is 2. The molecule has 6 heteroatoms. The summed E-state index contributed by atoms with van der Waals surface area (Å²) in [5.74, 6) is 1.56. The quantitative estimate of drug-likeness (QED) is 0.104. The van der Waals surface area contributed by atoms with Gasteiger partial charge in [0.15, 0.2) is 0 Å². The van der Waals surface area contributed by atoms with E-state index in [4.69, 9.17) is 32.7 Å². The smallest absolute Gasteiger partial charge is 0.137 e. The van der Waals surface area contributed by atoms with Gasteiger partial charge in [0.2, 0.25) is 0 Å². The summed E-state index contributed by atoms with van der Waals surface area (Å²) in [4.78, 5) is 0. The normalized spacial score (nSPS) is 12.3. The fourth-order valence-corrected chi connectivity index (χ4v) is 7.44. The molecule has 0 saturated heterocycles. The first-order chi connectivity index (χ1) is 23.9. The number of rotatable bonds is 10. The van der Waals surface area contributed by atoms with E-state index in [9.17, 15) is 0 Å². The summed E-state index contributed by atoms with van der Waals surface area (Å²) >= 11 is 14.3. The van der Waals surface area contributed by atoms with E-state index in [0.29, 0.717) is 13.2 Å². The average Bonchev–Trinajstić information content (AvgIpc) is 3.08. The van der Waals surface area contributed by atoms with Gasteiger partial charge in [0.25, 0.3) is 0 Å². The zero-order valence-corrected chi connectivity index (χ0v) is 31.2. The van der Waals surface area contributed by atoms with Gasteiger partial charge in [-0.1, -0.05) is 120 Å². The van der Waals surface area contributed by atoms with Crippen LogP contribution in [0.3, 0.4) is 0 Å². The maximum atomic E-state index is 7.13. The van der Waals surface area contributed by atoms with Gasteiger partial charge in [0.05, 0.1) is 52.3 Å². The molecule has 7 aromatic rings. The van der Waals surface area contributed by atoms with Crippen molar-refractivity contribution in [3.63, 3.8) is 0 Å². The molecule has 0 aliphatic carbocycles. The lowest BCUT2D eigenvalue weighted by Gasteiger charge is -2.26. The number of halogens is 2. The monoisotopic (exact) mass is 702 g/mol. The molecule has 0 unspecified atom stereocenters. The Labute approximate surface area is 305 Å². The van der Waals surface area contributed by atoms with Gasteiger partial charge in [-0.05, 0) is 27.6 Å². The Morgan fingerprint density at radius 2 is 0.700 bits per heavy atom. The molecule has 0 fully saturated rings. The van der Waals surface area contributed by atoms with Gasteiger partial charge in [0.1, 0.15) is 37.8 Å². The number of likely N-dealkylation sites (N-methyl/N-ethyl adjacent to an activating group) is 2. The van der Waals surface area contributed by atoms with Crippen molar-refractivity contribution >= 4 is 66.3 Å². The number of ether oxygens (including phenoxy) is 2. The predicted octanol–water partition coefficient (Wildman–Crippen LogP) is 11.1. The third kappa shape index (κ3) is 6.61. The number of fused-ring (bicyclic) bond motifs is 4. The minimum absolute atomic E-state index is 0.546. The zero-order chi connectivity index (χ0) is 35.2. The molecule has 0 aliphatic heterocycles. The first kappa shape index (κ1) is 34.1. The Morgan fingerprint density at radius 1 is 0.420 bits per heavy atom. The molecule has 4 nitrogen and oxygen atoms in total. The van der Waals surface area contributed by atoms with Gasteiger partial charge in [-0.15, -0.1) is 0 Å². The van der Waals surface area contributed by atoms with Crippen LogP contribution in [0.1, 0.15) is 0 Å². The number of benzene rings is 7. The third-order valence-corrected chi connectivity index (χ3v) is 10.2. The van der Waals surface area contributed by atoms with Crippen LogP contribution in [0.2, 0.25) is 10.0 Å². The molecule has 0 aliphatic rings. The van der Waals surface area contributed by atoms with E-state index >= 15 is 0 Å². The number of hydrogen-bond donors (Lipinski definition) is 0. The van der Waals surface area contributed by atoms with Crippen LogP contribution in [0, 0.1) is 0 Å². The van der Waals surface area contributed by atoms with Gasteiger partial charge in [-0.25, -0.2) is 0 Å². The molecule has 0 heterocycles. The van der Waals surface area contributed by atoms with Crippen molar-refractivity contribution in [2.75, 3.05) is 68.6 Å². The average molecular weight is 704 g/mol. The molecule has 0 amide bonds. The SMILES string of the molecule is C[N+](C)(C)CCOc1cc(OCC[N+](C)(C)C)c(-c2c3ccccc3c(Cl)c3ccccc23)cc1-c1c2ccccc2c(Cl)c2ccccc12. The highest BCUT2D eigenvalue weighted by Crippen LogP contribution is 2.50. The maximum Gasteiger partial charge on any atom is 0.137 e. The second-order valence-corrected chi connectivity index (χ2v) is 15.9. The van der Waals surface area contributed by atoms with Crippen LogP contribution in [-0.2, 0) is 0 Å². The van der Waals surface area contributed by atoms with Crippen molar-refractivity contribution in [3.05, 3.63) is 119 Å². The van der Waals surface area contributed by atoms with Crippen molar-refractivity contribution < 1.29 is 18.4 Å². The molecule has 7 aromatic carbocycles. The van der Waals surface area contributed by atoms with E-state index in [1.807, 2.05) is 24.3 Å². The summed E-state index contributed by atoms with van der Waals surface area (Å²) in [6, 6.07) is 38.0. The van der Waals surface area contributed by atoms with Crippen LogP contribution < -0.4 is 9.47 Å². The summed E-state index contributed by atoms with van der Waals surface area (Å²) < 4.78 is 15.2. The van der Waals surface area contributed by atoms with Gasteiger partial charge in [-0.2, -0.15) is 0 Å². The Balaban J connectivity index is 1.60. The maximum absolute atomic E-state index is 7.13. The van der Waals surface area contributed by atoms with E-state index in [1.54, 1.807) is 0 Å². The predicted molar refractivity (Wildman–Crippen MR) is 214 cm³/mol. The molecule has 0 aromatic heterocycles. The summed E-state index contributed by atoms with van der Waals surface area (Å²) in [6.07, 6.45) is 0. The summed E-state index contributed by atoms with van der Waals surface area (Å²) in [5.41, 5.74) is 4.16. The highest BCUT2D eigenvalue weighted by atomic mass is 35.5. The van der Waals surface area contributed by atoms with Crippen molar-refractivity contribution in [1.29, 1.82) is 0 Å². The Kier molecular flexibility index (Phi) is 9.17. The number of quaternary nitrogens is 2. The van der Waals surface area contributed by atoms with Crippen LogP contribution >= 0.6 is 23.2 Å². The van der Waals surface area contributed by atoms with Crippen LogP contribution in [0.5, 0.6) is 11.5 Å². The van der Waals surface area contributed by atoms with Crippen LogP contribution in [-0.4, -0.2) is 77.6 Å². The largest absolute Gasteiger partial charge is 0.487 e. The van der Waals surface area contributed by atoms with Crippen molar-refractivity contribution in [1.82, 2.24) is 0 Å². The molecule has 254 valence electrons. The highest BCUT2D eigenvalue weighted by molar-refractivity contribution is 6.43. The van der Waals surface area contributed by atoms with Crippen LogP contribution in [0.15, 0.2) is 109 Å². The highest BCUT2D eigenvalue weighted by Gasteiger charge is 2.24. The molecule has 0 spiro atoms. The summed E-state index contributed by atoms with van der Waals surface area (Å²) in [6.45, 7) is 2.77. The lowest BCUT2D eigenvalue weighted by atomic mass is 9.87. The lowest BCUT2D eigenvalue weighted by molar-refractivity contribution is -0.870. The fourth-order valence-electron chi connectivity index (χ4n) is 6.78. The van der Waals surface area contributed by atoms with E-state index < -0.39 is 0 Å². The van der Waals surface area contributed by atoms with Gasteiger partial charge in [-0.3, -0.25) is 0 Å². The second-order valence-electron chi connectivity index (χ2n) is 15.1. The minimum Gasteiger partial charge on any atom is -0.487 e. The molecule has 0 bridgehead atoms. The second kappa shape index (κ2) is 13.4. The molecular weight excluding hydrogens is 659 g/mol. The molecule has 50 heavy (non-hydrogen) atoms. The summed E-state index contributed by atoms with van der Waals surface area (Å²) in [5, 5.41) is 9.82. The molecule has 0 radical (unpaired) electrons. The lowest BCUT2D eigenvalue weighted by Crippen LogP contribution is -2.38. The Morgan fingerprint density at radius 3 is 0.980 bits per heavy atom. The standard InChI is InChI=1S/C44H44Cl2N2O2/c1-47(2,3)23-25-49-39-28-40(50-26-24-48(4,5)6)38(42-31-17-9-13-21-35(31)44(46)36-22-14-10-18-32(36)42)27-37(39)41-29-15-7-11-19-33(29)43(45)34-20-12-8-16-30(34)41/h7-22,27-28H,23-26H2,1-6H3/q+2. The van der Waals surface area contributed by atoms with Crippen LogP contribution in [0.25, 0.3) is 65.3 Å². The van der Waals surface area contributed by atoms with E-state index in [0.717, 1.165) is 109 Å². The fraction of sp³-hybridized carbons (Fsp3) is 0.227. The first-order valence-electron chi connectivity index (χ1n) is 17.1.